The van der Waals surface area contributed by atoms with Crippen molar-refractivity contribution in [3.05, 3.63) is 59.2 Å². The van der Waals surface area contributed by atoms with Gasteiger partial charge < -0.3 is 15.2 Å². The first-order valence-electron chi connectivity index (χ1n) is 7.81. The molecule has 2 N–H and O–H groups in total. The molecule has 1 amide bonds. The molecule has 8 heteroatoms. The molecule has 0 unspecified atom stereocenters. The van der Waals surface area contributed by atoms with E-state index in [4.69, 9.17) is 4.74 Å². The molecule has 2 rings (SSSR count). The lowest BCUT2D eigenvalue weighted by Gasteiger charge is -2.13. The normalized spacial score (nSPS) is 11.6. The van der Waals surface area contributed by atoms with Crippen molar-refractivity contribution in [1.82, 2.24) is 0 Å². The van der Waals surface area contributed by atoms with Crippen molar-refractivity contribution in [3.63, 3.8) is 0 Å². The third-order valence-electron chi connectivity index (χ3n) is 3.44. The second kappa shape index (κ2) is 8.27. The molecule has 2 aromatic carbocycles. The first kappa shape index (κ1) is 19.8. The fourth-order valence-corrected chi connectivity index (χ4v) is 2.24. The zero-order chi connectivity index (χ0) is 20.0. The summed E-state index contributed by atoms with van der Waals surface area (Å²) in [5, 5.41) is 21.0. The molecular formula is C19H15F3N2O3. The van der Waals surface area contributed by atoms with Crippen LogP contribution in [0.4, 0.5) is 18.9 Å². The Labute approximate surface area is 153 Å². The van der Waals surface area contributed by atoms with Gasteiger partial charge in [0.1, 0.15) is 11.6 Å². The highest BCUT2D eigenvalue weighted by Gasteiger charge is 2.33. The fraction of sp³-hybridized carbons (Fsp3) is 0.158. The zero-order valence-corrected chi connectivity index (χ0v) is 14.2. The van der Waals surface area contributed by atoms with E-state index < -0.39 is 28.9 Å². The highest BCUT2D eigenvalue weighted by molar-refractivity contribution is 6.10. The summed E-state index contributed by atoms with van der Waals surface area (Å²) >= 11 is 0. The van der Waals surface area contributed by atoms with E-state index in [9.17, 15) is 28.3 Å². The number of hydrogen-bond donors (Lipinski definition) is 2. The number of aromatic hydroxyl groups is 1. The number of phenolic OH excluding ortho intramolecular Hbond substituents is 1. The Kier molecular flexibility index (Phi) is 6.08. The Balaban J connectivity index is 2.31. The Hall–Kier alpha value is -3.47. The topological polar surface area (TPSA) is 82.3 Å². The summed E-state index contributed by atoms with van der Waals surface area (Å²) in [5.74, 6) is -0.942. The summed E-state index contributed by atoms with van der Waals surface area (Å²) in [6, 6.07) is 10.3. The predicted octanol–water partition coefficient (Wildman–Crippen LogP) is 4.36. The van der Waals surface area contributed by atoms with E-state index in [-0.39, 0.29) is 11.5 Å². The Morgan fingerprint density at radius 3 is 2.63 bits per heavy atom. The lowest BCUT2D eigenvalue weighted by Crippen LogP contribution is -2.17. The molecular weight excluding hydrogens is 361 g/mol. The number of carbonyl (C=O) groups is 1. The lowest BCUT2D eigenvalue weighted by molar-refractivity contribution is -0.137. The van der Waals surface area contributed by atoms with Gasteiger partial charge in [-0.2, -0.15) is 18.4 Å². The minimum Gasteiger partial charge on any atom is -0.504 e. The lowest BCUT2D eigenvalue weighted by atomic mass is 10.1. The second-order valence-electron chi connectivity index (χ2n) is 5.33. The molecule has 0 saturated heterocycles. The van der Waals surface area contributed by atoms with Crippen LogP contribution >= 0.6 is 0 Å². The fourth-order valence-electron chi connectivity index (χ4n) is 2.24. The maximum atomic E-state index is 13.0. The Bertz CT molecular complexity index is 915. The summed E-state index contributed by atoms with van der Waals surface area (Å²) in [6.45, 7) is 2.01. The van der Waals surface area contributed by atoms with Gasteiger partial charge >= 0.3 is 6.18 Å². The Morgan fingerprint density at radius 2 is 2.00 bits per heavy atom. The van der Waals surface area contributed by atoms with Crippen LogP contribution < -0.4 is 10.1 Å². The monoisotopic (exact) mass is 376 g/mol. The molecule has 0 fully saturated rings. The molecule has 0 saturated carbocycles. The van der Waals surface area contributed by atoms with Crippen LogP contribution in [0.3, 0.4) is 0 Å². The molecule has 0 atom stereocenters. The smallest absolute Gasteiger partial charge is 0.418 e. The molecule has 2 aromatic rings. The maximum Gasteiger partial charge on any atom is 0.418 e. The van der Waals surface area contributed by atoms with Gasteiger partial charge in [-0.25, -0.2) is 0 Å². The number of nitrogens with zero attached hydrogens (tertiary/aromatic N) is 1. The molecule has 27 heavy (non-hydrogen) atoms. The van der Waals surface area contributed by atoms with Crippen LogP contribution in [0, 0.1) is 11.3 Å². The van der Waals surface area contributed by atoms with E-state index in [1.807, 2.05) is 0 Å². The molecule has 0 spiro atoms. The van der Waals surface area contributed by atoms with E-state index in [1.165, 1.54) is 36.4 Å². The van der Waals surface area contributed by atoms with Crippen molar-refractivity contribution in [3.8, 4) is 17.6 Å². The summed E-state index contributed by atoms with van der Waals surface area (Å²) < 4.78 is 44.3. The molecule has 5 nitrogen and oxygen atoms in total. The van der Waals surface area contributed by atoms with Crippen LogP contribution in [0.15, 0.2) is 48.0 Å². The number of para-hydroxylation sites is 1. The number of ether oxygens (including phenoxy) is 1. The van der Waals surface area contributed by atoms with Crippen LogP contribution in [-0.4, -0.2) is 17.6 Å². The molecule has 0 aliphatic heterocycles. The van der Waals surface area contributed by atoms with E-state index in [1.54, 1.807) is 13.0 Å². The number of amides is 1. The minimum atomic E-state index is -4.65. The molecule has 140 valence electrons. The largest absolute Gasteiger partial charge is 0.504 e. The third kappa shape index (κ3) is 5.01. The Morgan fingerprint density at radius 1 is 1.30 bits per heavy atom. The van der Waals surface area contributed by atoms with Gasteiger partial charge in [0.05, 0.1) is 17.9 Å². The zero-order valence-electron chi connectivity index (χ0n) is 14.2. The van der Waals surface area contributed by atoms with Crippen molar-refractivity contribution in [1.29, 1.82) is 5.26 Å². The van der Waals surface area contributed by atoms with Gasteiger partial charge in [-0.15, -0.1) is 0 Å². The number of phenols is 1. The molecule has 0 bridgehead atoms. The number of hydrogen-bond acceptors (Lipinski definition) is 4. The summed E-state index contributed by atoms with van der Waals surface area (Å²) in [7, 11) is 0. The average molecular weight is 376 g/mol. The molecule has 0 aromatic heterocycles. The van der Waals surface area contributed by atoms with Crippen molar-refractivity contribution in [2.45, 2.75) is 13.1 Å². The first-order valence-corrected chi connectivity index (χ1v) is 7.81. The third-order valence-corrected chi connectivity index (χ3v) is 3.44. The van der Waals surface area contributed by atoms with Crippen molar-refractivity contribution >= 4 is 17.7 Å². The highest BCUT2D eigenvalue weighted by Crippen LogP contribution is 2.34. The van der Waals surface area contributed by atoms with Gasteiger partial charge in [-0.1, -0.05) is 18.2 Å². The highest BCUT2D eigenvalue weighted by atomic mass is 19.4. The summed E-state index contributed by atoms with van der Waals surface area (Å²) in [5.41, 5.74) is -1.50. The summed E-state index contributed by atoms with van der Waals surface area (Å²) in [4.78, 5) is 12.3. The number of nitriles is 1. The molecule has 0 radical (unpaired) electrons. The maximum absolute atomic E-state index is 13.0. The number of benzene rings is 2. The van der Waals surface area contributed by atoms with Gasteiger partial charge in [0, 0.05) is 0 Å². The number of rotatable bonds is 5. The number of anilines is 1. The second-order valence-corrected chi connectivity index (χ2v) is 5.33. The van der Waals surface area contributed by atoms with Gasteiger partial charge in [0.25, 0.3) is 5.91 Å². The minimum absolute atomic E-state index is 0.115. The number of halogens is 3. The molecule has 0 heterocycles. The molecule has 0 aliphatic rings. The van der Waals surface area contributed by atoms with Crippen LogP contribution in [0.2, 0.25) is 0 Å². The molecule has 0 aliphatic carbocycles. The van der Waals surface area contributed by atoms with Gasteiger partial charge in [-0.05, 0) is 42.8 Å². The van der Waals surface area contributed by atoms with Crippen molar-refractivity contribution in [2.75, 3.05) is 11.9 Å². The van der Waals surface area contributed by atoms with Gasteiger partial charge in [0.15, 0.2) is 11.5 Å². The van der Waals surface area contributed by atoms with Gasteiger partial charge in [0.2, 0.25) is 0 Å². The van der Waals surface area contributed by atoms with E-state index in [0.717, 1.165) is 12.1 Å². The van der Waals surface area contributed by atoms with Crippen LogP contribution in [-0.2, 0) is 11.0 Å². The number of carbonyl (C=O) groups excluding carboxylic acids is 1. The van der Waals surface area contributed by atoms with Crippen molar-refractivity contribution < 1.29 is 27.8 Å². The van der Waals surface area contributed by atoms with E-state index in [0.29, 0.717) is 12.2 Å². The number of alkyl halides is 3. The van der Waals surface area contributed by atoms with Crippen molar-refractivity contribution in [2.24, 2.45) is 0 Å². The van der Waals surface area contributed by atoms with Crippen LogP contribution in [0.5, 0.6) is 11.5 Å². The summed E-state index contributed by atoms with van der Waals surface area (Å²) in [6.07, 6.45) is -3.46. The quantitative estimate of drug-likeness (QED) is 0.600. The van der Waals surface area contributed by atoms with Crippen LogP contribution in [0.1, 0.15) is 18.1 Å². The SMILES string of the molecule is CCOc1cc(/C=C(\C#N)C(=O)Nc2ccccc2C(F)(F)F)ccc1O. The van der Waals surface area contributed by atoms with Crippen LogP contribution in [0.25, 0.3) is 6.08 Å². The van der Waals surface area contributed by atoms with E-state index in [2.05, 4.69) is 5.32 Å². The van der Waals surface area contributed by atoms with E-state index >= 15 is 0 Å². The first-order chi connectivity index (χ1) is 12.8. The van der Waals surface area contributed by atoms with Gasteiger partial charge in [-0.3, -0.25) is 4.79 Å². The number of nitrogens with one attached hydrogen (secondary N) is 1. The average Bonchev–Trinajstić information content (AvgIpc) is 2.62. The standard InChI is InChI=1S/C19H15F3N2O3/c1-2-27-17-10-12(7-8-16(17)25)9-13(11-23)18(26)24-15-6-4-3-5-14(15)19(20,21)22/h3-10,25H,2H2,1H3,(H,24,26)/b13-9+. The predicted molar refractivity (Wildman–Crippen MR) is 92.9 cm³/mol.